The van der Waals surface area contributed by atoms with Crippen molar-refractivity contribution >= 4 is 54.5 Å². The summed E-state index contributed by atoms with van der Waals surface area (Å²) in [5.41, 5.74) is 2.01. The molecule has 3 amide bonds. The number of sulfonamides is 1. The number of nitrogens with one attached hydrogen (secondary N) is 2. The van der Waals surface area contributed by atoms with Crippen molar-refractivity contribution in [2.24, 2.45) is 0 Å². The maximum Gasteiger partial charge on any atom is 0.328 e. The van der Waals surface area contributed by atoms with Crippen molar-refractivity contribution in [1.29, 1.82) is 0 Å². The van der Waals surface area contributed by atoms with E-state index in [4.69, 9.17) is 9.47 Å². The molecule has 43 heavy (non-hydrogen) atoms. The van der Waals surface area contributed by atoms with Crippen LogP contribution in [-0.4, -0.2) is 69.1 Å². The van der Waals surface area contributed by atoms with Crippen molar-refractivity contribution < 1.29 is 27.5 Å². The Kier molecular flexibility index (Phi) is 7.44. The number of thiazole rings is 1. The first-order chi connectivity index (χ1) is 20.6. The van der Waals surface area contributed by atoms with E-state index in [1.807, 2.05) is 12.1 Å². The Balaban J connectivity index is 1.30. The Morgan fingerprint density at radius 3 is 2.60 bits per heavy atom. The van der Waals surface area contributed by atoms with Gasteiger partial charge in [0.15, 0.2) is 5.13 Å². The molecule has 0 aliphatic carbocycles. The summed E-state index contributed by atoms with van der Waals surface area (Å²) in [5, 5.41) is 3.25. The van der Waals surface area contributed by atoms with Gasteiger partial charge >= 0.3 is 6.03 Å². The average Bonchev–Trinajstić information content (AvgIpc) is 3.71. The lowest BCUT2D eigenvalue weighted by Crippen LogP contribution is -2.41. The van der Waals surface area contributed by atoms with E-state index in [9.17, 15) is 18.0 Å². The minimum Gasteiger partial charge on any atom is -0.496 e. The second-order valence-corrected chi connectivity index (χ2v) is 13.2. The summed E-state index contributed by atoms with van der Waals surface area (Å²) in [5.74, 6) is 0.961. The summed E-state index contributed by atoms with van der Waals surface area (Å²) in [6.45, 7) is 2.73. The molecule has 2 aromatic heterocycles. The number of nitrogens with zero attached hydrogens (tertiary/aromatic N) is 4. The average molecular weight is 623 g/mol. The highest BCUT2D eigenvalue weighted by Crippen LogP contribution is 2.47. The number of hydrogen-bond donors (Lipinski definition) is 2. The molecule has 2 N–H and O–H groups in total. The van der Waals surface area contributed by atoms with Gasteiger partial charge < -0.3 is 14.4 Å². The molecule has 0 bridgehead atoms. The van der Waals surface area contributed by atoms with E-state index in [-0.39, 0.29) is 23.9 Å². The van der Waals surface area contributed by atoms with Crippen LogP contribution in [0.2, 0.25) is 0 Å². The van der Waals surface area contributed by atoms with Crippen LogP contribution in [0.1, 0.15) is 24.5 Å². The van der Waals surface area contributed by atoms with Crippen LogP contribution < -0.4 is 24.4 Å². The molecule has 1 saturated heterocycles. The first-order valence-corrected chi connectivity index (χ1v) is 15.8. The topological polar surface area (TPSA) is 143 Å². The number of hydrogen-bond acceptors (Lipinski definition) is 9. The van der Waals surface area contributed by atoms with E-state index in [0.29, 0.717) is 63.4 Å². The van der Waals surface area contributed by atoms with Gasteiger partial charge in [0.25, 0.3) is 0 Å². The normalized spacial score (nSPS) is 17.8. The van der Waals surface area contributed by atoms with Crippen molar-refractivity contribution in [3.05, 3.63) is 65.7 Å². The number of anilines is 2. The van der Waals surface area contributed by atoms with Gasteiger partial charge in [-0.15, -0.1) is 0 Å². The molecule has 6 rings (SSSR count). The van der Waals surface area contributed by atoms with Crippen LogP contribution >= 0.6 is 11.3 Å². The van der Waals surface area contributed by atoms with E-state index in [0.717, 1.165) is 0 Å². The van der Waals surface area contributed by atoms with Crippen LogP contribution in [0.15, 0.2) is 59.5 Å². The second kappa shape index (κ2) is 11.1. The van der Waals surface area contributed by atoms with Crippen molar-refractivity contribution in [3.8, 4) is 11.6 Å². The maximum absolute atomic E-state index is 13.6. The number of benzene rings is 2. The molecule has 14 heteroatoms. The van der Waals surface area contributed by atoms with Gasteiger partial charge in [-0.05, 0) is 42.3 Å². The van der Waals surface area contributed by atoms with Gasteiger partial charge in [0, 0.05) is 55.8 Å². The molecule has 0 radical (unpaired) electrons. The van der Waals surface area contributed by atoms with E-state index in [1.54, 1.807) is 46.2 Å². The molecule has 2 aromatic carbocycles. The number of methoxy groups -OCH3 is 2. The van der Waals surface area contributed by atoms with Crippen LogP contribution in [0.25, 0.3) is 10.3 Å². The highest BCUT2D eigenvalue weighted by Gasteiger charge is 2.50. The van der Waals surface area contributed by atoms with Gasteiger partial charge in [0.2, 0.25) is 21.8 Å². The molecule has 0 saturated carbocycles. The third-order valence-electron chi connectivity index (χ3n) is 7.94. The molecule has 1 spiro atoms. The van der Waals surface area contributed by atoms with Gasteiger partial charge in [0.1, 0.15) is 16.1 Å². The van der Waals surface area contributed by atoms with E-state index in [2.05, 4.69) is 20.0 Å². The number of carbonyl (C=O) groups is 2. The zero-order valence-corrected chi connectivity index (χ0v) is 25.4. The van der Waals surface area contributed by atoms with Crippen LogP contribution in [0.3, 0.4) is 0 Å². The lowest BCUT2D eigenvalue weighted by molar-refractivity contribution is -0.127. The molecule has 1 atom stereocenters. The number of aromatic nitrogens is 2. The summed E-state index contributed by atoms with van der Waals surface area (Å²) < 4.78 is 40.1. The second-order valence-electron chi connectivity index (χ2n) is 10.5. The number of para-hydroxylation sites is 1. The number of carbonyl (C=O) groups excluding carboxylic acids is 2. The summed E-state index contributed by atoms with van der Waals surface area (Å²) in [4.78, 5) is 38.8. The summed E-state index contributed by atoms with van der Waals surface area (Å²) in [6, 6.07) is 15.0. The monoisotopic (exact) mass is 622 g/mol. The Labute approximate surface area is 252 Å². The smallest absolute Gasteiger partial charge is 0.328 e. The number of fused-ring (bicyclic) bond motifs is 3. The molecule has 2 aliphatic rings. The minimum atomic E-state index is -3.92. The molecule has 1 fully saturated rings. The number of likely N-dealkylation sites (tertiary alicyclic amines) is 1. The number of urea groups is 1. The standard InChI is InChI=1S/C29H30N6O6S2/c1-18(36)34-13-12-29(16-34)17-35(28(37)33-27-31-22-9-11-25(41-3)32-26(22)42-27)23-10-8-20(14-21(23)29)43(38,39)30-15-19-6-4-5-7-24(19)40-2/h4-11,14,30H,12-13,15-17H2,1-3H3,(H,31,33,37). The summed E-state index contributed by atoms with van der Waals surface area (Å²) in [6.07, 6.45) is 0.590. The largest absolute Gasteiger partial charge is 0.496 e. The summed E-state index contributed by atoms with van der Waals surface area (Å²) in [7, 11) is -0.855. The molecule has 4 heterocycles. The highest BCUT2D eigenvalue weighted by molar-refractivity contribution is 7.89. The van der Waals surface area contributed by atoms with Crippen LogP contribution in [0.4, 0.5) is 15.6 Å². The first kappa shape index (κ1) is 28.8. The summed E-state index contributed by atoms with van der Waals surface area (Å²) >= 11 is 1.23. The molecular weight excluding hydrogens is 592 g/mol. The van der Waals surface area contributed by atoms with Crippen molar-refractivity contribution in [2.75, 3.05) is 44.1 Å². The SMILES string of the molecule is COc1ccc2nc(NC(=O)N3CC4(CCN(C(C)=O)C4)c4cc(S(=O)(=O)NCc5ccccc5OC)ccc43)sc2n1. The fourth-order valence-corrected chi connectivity index (χ4v) is 7.57. The molecule has 4 aromatic rings. The predicted octanol–water partition coefficient (Wildman–Crippen LogP) is 3.73. The van der Waals surface area contributed by atoms with Crippen LogP contribution in [-0.2, 0) is 26.8 Å². The zero-order valence-electron chi connectivity index (χ0n) is 23.8. The molecular formula is C29H30N6O6S2. The fraction of sp³-hybridized carbons (Fsp3) is 0.310. The van der Waals surface area contributed by atoms with Crippen LogP contribution in [0.5, 0.6) is 11.6 Å². The number of pyridine rings is 1. The van der Waals surface area contributed by atoms with Gasteiger partial charge in [-0.25, -0.2) is 27.9 Å². The fourth-order valence-electron chi connectivity index (χ4n) is 5.72. The van der Waals surface area contributed by atoms with Gasteiger partial charge in [-0.2, -0.15) is 0 Å². The maximum atomic E-state index is 13.6. The Morgan fingerprint density at radius 1 is 1.05 bits per heavy atom. The Hall–Kier alpha value is -4.27. The Morgan fingerprint density at radius 2 is 1.86 bits per heavy atom. The lowest BCUT2D eigenvalue weighted by atomic mass is 9.81. The number of amides is 3. The van der Waals surface area contributed by atoms with Gasteiger partial charge in [-0.1, -0.05) is 29.5 Å². The van der Waals surface area contributed by atoms with E-state index >= 15 is 0 Å². The van der Waals surface area contributed by atoms with Crippen LogP contribution in [0, 0.1) is 0 Å². The molecule has 2 aliphatic heterocycles. The molecule has 12 nitrogen and oxygen atoms in total. The third kappa shape index (κ3) is 5.37. The first-order valence-electron chi connectivity index (χ1n) is 13.5. The van der Waals surface area contributed by atoms with Crippen molar-refractivity contribution in [1.82, 2.24) is 19.6 Å². The van der Waals surface area contributed by atoms with Crippen molar-refractivity contribution in [2.45, 2.75) is 30.2 Å². The van der Waals surface area contributed by atoms with Crippen molar-refractivity contribution in [3.63, 3.8) is 0 Å². The number of rotatable bonds is 7. The molecule has 224 valence electrons. The molecule has 1 unspecified atom stereocenters. The van der Waals surface area contributed by atoms with E-state index in [1.165, 1.54) is 38.5 Å². The number of ether oxygens (including phenoxy) is 2. The third-order valence-corrected chi connectivity index (χ3v) is 10.2. The predicted molar refractivity (Wildman–Crippen MR) is 162 cm³/mol. The van der Waals surface area contributed by atoms with Gasteiger partial charge in [-0.3, -0.25) is 15.0 Å². The lowest BCUT2D eigenvalue weighted by Gasteiger charge is -2.25. The Bertz CT molecular complexity index is 1840. The van der Waals surface area contributed by atoms with E-state index < -0.39 is 21.5 Å². The zero-order chi connectivity index (χ0) is 30.4. The quantitative estimate of drug-likeness (QED) is 0.318. The minimum absolute atomic E-state index is 0.0458. The highest BCUT2D eigenvalue weighted by atomic mass is 32.2. The van der Waals surface area contributed by atoms with Gasteiger partial charge in [0.05, 0.1) is 19.1 Å².